The maximum absolute atomic E-state index is 4.21. The van der Waals surface area contributed by atoms with Gasteiger partial charge in [-0.1, -0.05) is 22.0 Å². The first-order valence-electron chi connectivity index (χ1n) is 3.98. The van der Waals surface area contributed by atoms with E-state index < -0.39 is 0 Å². The number of aryl methyl sites for hydroxylation is 1. The van der Waals surface area contributed by atoms with Gasteiger partial charge in [0.1, 0.15) is 0 Å². The topological polar surface area (TPSA) is 12.9 Å². The molecule has 0 radical (unpaired) electrons. The lowest BCUT2D eigenvalue weighted by molar-refractivity contribution is 1.23. The predicted molar refractivity (Wildman–Crippen MR) is 56.4 cm³/mol. The van der Waals surface area contributed by atoms with Gasteiger partial charge >= 0.3 is 0 Å². The lowest BCUT2D eigenvalue weighted by Gasteiger charge is -1.93. The Labute approximate surface area is 81.7 Å². The van der Waals surface area contributed by atoms with Crippen molar-refractivity contribution >= 4 is 22.0 Å². The average Bonchev–Trinajstić information content (AvgIpc) is 2.05. The van der Waals surface area contributed by atoms with Gasteiger partial charge in [-0.3, -0.25) is 4.98 Å². The summed E-state index contributed by atoms with van der Waals surface area (Å²) in [6.45, 7) is 2.07. The molecule has 0 aliphatic rings. The van der Waals surface area contributed by atoms with Crippen molar-refractivity contribution in [1.82, 2.24) is 4.98 Å². The summed E-state index contributed by atoms with van der Waals surface area (Å²) in [5, 5.41) is 1.01. The summed E-state index contributed by atoms with van der Waals surface area (Å²) in [6.07, 6.45) is 7.06. The van der Waals surface area contributed by atoms with Gasteiger partial charge in [-0.25, -0.2) is 0 Å². The second-order valence-electron chi connectivity index (χ2n) is 2.64. The van der Waals surface area contributed by atoms with Crippen LogP contribution in [-0.2, 0) is 0 Å². The number of halogens is 1. The molecule has 0 aliphatic heterocycles. The second kappa shape index (κ2) is 5.09. The Morgan fingerprint density at radius 2 is 2.42 bits per heavy atom. The minimum absolute atomic E-state index is 1.01. The number of alkyl halides is 1. The van der Waals surface area contributed by atoms with Crippen molar-refractivity contribution in [3.8, 4) is 0 Å². The van der Waals surface area contributed by atoms with E-state index in [1.165, 1.54) is 5.56 Å². The normalized spacial score (nSPS) is 10.8. The van der Waals surface area contributed by atoms with Crippen LogP contribution in [-0.4, -0.2) is 10.3 Å². The SMILES string of the molecule is Cc1ccnc(C=CCCBr)c1. The molecule has 1 nitrogen and oxygen atoms in total. The number of nitrogens with zero attached hydrogens (tertiary/aromatic N) is 1. The van der Waals surface area contributed by atoms with Crippen molar-refractivity contribution in [3.63, 3.8) is 0 Å². The van der Waals surface area contributed by atoms with Gasteiger partial charge in [0.25, 0.3) is 0 Å². The number of rotatable bonds is 3. The summed E-state index contributed by atoms with van der Waals surface area (Å²) in [5.74, 6) is 0. The van der Waals surface area contributed by atoms with E-state index in [4.69, 9.17) is 0 Å². The number of hydrogen-bond donors (Lipinski definition) is 0. The molecule has 0 fully saturated rings. The molecule has 1 aromatic rings. The van der Waals surface area contributed by atoms with Crippen LogP contribution in [0.25, 0.3) is 6.08 Å². The molecular weight excluding hydrogens is 214 g/mol. The van der Waals surface area contributed by atoms with E-state index in [0.29, 0.717) is 0 Å². The van der Waals surface area contributed by atoms with Crippen LogP contribution >= 0.6 is 15.9 Å². The van der Waals surface area contributed by atoms with Crippen LogP contribution in [0.1, 0.15) is 17.7 Å². The van der Waals surface area contributed by atoms with Gasteiger partial charge in [-0.2, -0.15) is 0 Å². The number of aromatic nitrogens is 1. The quantitative estimate of drug-likeness (QED) is 0.721. The van der Waals surface area contributed by atoms with Crippen LogP contribution in [0.4, 0.5) is 0 Å². The molecule has 1 heterocycles. The highest BCUT2D eigenvalue weighted by molar-refractivity contribution is 9.09. The Bertz CT molecular complexity index is 268. The van der Waals surface area contributed by atoms with Gasteiger partial charge in [0.05, 0.1) is 5.69 Å². The van der Waals surface area contributed by atoms with E-state index >= 15 is 0 Å². The molecule has 0 bridgehead atoms. The van der Waals surface area contributed by atoms with E-state index in [9.17, 15) is 0 Å². The van der Waals surface area contributed by atoms with Crippen molar-refractivity contribution < 1.29 is 0 Å². The minimum atomic E-state index is 1.01. The second-order valence-corrected chi connectivity index (χ2v) is 3.43. The minimum Gasteiger partial charge on any atom is -0.257 e. The lowest BCUT2D eigenvalue weighted by atomic mass is 10.2. The van der Waals surface area contributed by atoms with Crippen molar-refractivity contribution in [2.24, 2.45) is 0 Å². The zero-order valence-corrected chi connectivity index (χ0v) is 8.71. The fourth-order valence-electron chi connectivity index (χ4n) is 0.918. The smallest absolute Gasteiger partial charge is 0.0629 e. The van der Waals surface area contributed by atoms with E-state index in [2.05, 4.69) is 40.0 Å². The first-order valence-corrected chi connectivity index (χ1v) is 5.10. The van der Waals surface area contributed by atoms with Crippen LogP contribution < -0.4 is 0 Å². The molecular formula is C10H12BrN. The largest absolute Gasteiger partial charge is 0.257 e. The van der Waals surface area contributed by atoms with Crippen LogP contribution in [0, 0.1) is 6.92 Å². The van der Waals surface area contributed by atoms with Crippen LogP contribution in [0.2, 0.25) is 0 Å². The molecule has 0 amide bonds. The summed E-state index contributed by atoms with van der Waals surface area (Å²) in [5.41, 5.74) is 2.29. The van der Waals surface area contributed by atoms with E-state index in [1.807, 2.05) is 18.3 Å². The van der Waals surface area contributed by atoms with Crippen molar-refractivity contribution in [2.45, 2.75) is 13.3 Å². The molecule has 0 aromatic carbocycles. The summed E-state index contributed by atoms with van der Waals surface area (Å²) in [4.78, 5) is 4.21. The van der Waals surface area contributed by atoms with Crippen LogP contribution in [0.3, 0.4) is 0 Å². The fourth-order valence-corrected chi connectivity index (χ4v) is 1.18. The molecule has 0 saturated carbocycles. The van der Waals surface area contributed by atoms with Gasteiger partial charge in [-0.05, 0) is 37.1 Å². The number of hydrogen-bond acceptors (Lipinski definition) is 1. The molecule has 1 rings (SSSR count). The average molecular weight is 226 g/mol. The molecule has 0 saturated heterocycles. The maximum Gasteiger partial charge on any atom is 0.0629 e. The van der Waals surface area contributed by atoms with Gasteiger partial charge in [0, 0.05) is 11.5 Å². The van der Waals surface area contributed by atoms with Crippen LogP contribution in [0.15, 0.2) is 24.4 Å². The standard InChI is InChI=1S/C10H12BrN/c1-9-5-7-12-10(8-9)4-2-3-6-11/h2,4-5,7-8H,3,6H2,1H3. The third-order valence-electron chi connectivity index (χ3n) is 1.50. The Balaban J connectivity index is 2.63. The Hall–Kier alpha value is -0.630. The summed E-state index contributed by atoms with van der Waals surface area (Å²) < 4.78 is 0. The highest BCUT2D eigenvalue weighted by Crippen LogP contribution is 2.02. The Morgan fingerprint density at radius 1 is 1.58 bits per heavy atom. The highest BCUT2D eigenvalue weighted by atomic mass is 79.9. The summed E-state index contributed by atoms with van der Waals surface area (Å²) >= 11 is 3.37. The first kappa shape index (κ1) is 9.46. The molecule has 2 heteroatoms. The first-order chi connectivity index (χ1) is 5.83. The van der Waals surface area contributed by atoms with Gasteiger partial charge in [-0.15, -0.1) is 0 Å². The van der Waals surface area contributed by atoms with Crippen LogP contribution in [0.5, 0.6) is 0 Å². The molecule has 0 unspecified atom stereocenters. The highest BCUT2D eigenvalue weighted by Gasteiger charge is 1.87. The van der Waals surface area contributed by atoms with Crippen molar-refractivity contribution in [1.29, 1.82) is 0 Å². The Kier molecular flexibility index (Phi) is 4.01. The molecule has 0 spiro atoms. The maximum atomic E-state index is 4.21. The zero-order chi connectivity index (χ0) is 8.81. The Morgan fingerprint density at radius 3 is 3.08 bits per heavy atom. The fraction of sp³-hybridized carbons (Fsp3) is 0.300. The third kappa shape index (κ3) is 3.18. The monoisotopic (exact) mass is 225 g/mol. The molecule has 0 atom stereocenters. The van der Waals surface area contributed by atoms with Gasteiger partial charge < -0.3 is 0 Å². The number of allylic oxidation sites excluding steroid dienone is 1. The molecule has 0 N–H and O–H groups in total. The third-order valence-corrected chi connectivity index (χ3v) is 1.96. The molecule has 0 aliphatic carbocycles. The molecule has 1 aromatic heterocycles. The van der Waals surface area contributed by atoms with E-state index in [1.54, 1.807) is 0 Å². The lowest BCUT2D eigenvalue weighted by Crippen LogP contribution is -1.80. The van der Waals surface area contributed by atoms with E-state index in [-0.39, 0.29) is 0 Å². The van der Waals surface area contributed by atoms with Gasteiger partial charge in [0.2, 0.25) is 0 Å². The predicted octanol–water partition coefficient (Wildman–Crippen LogP) is 3.19. The van der Waals surface area contributed by atoms with Crippen molar-refractivity contribution in [3.05, 3.63) is 35.7 Å². The van der Waals surface area contributed by atoms with Gasteiger partial charge in [0.15, 0.2) is 0 Å². The number of pyridine rings is 1. The summed E-state index contributed by atoms with van der Waals surface area (Å²) in [6, 6.07) is 4.08. The molecule has 12 heavy (non-hydrogen) atoms. The summed E-state index contributed by atoms with van der Waals surface area (Å²) in [7, 11) is 0. The van der Waals surface area contributed by atoms with Crippen molar-refractivity contribution in [2.75, 3.05) is 5.33 Å². The zero-order valence-electron chi connectivity index (χ0n) is 7.13. The molecule has 64 valence electrons. The van der Waals surface area contributed by atoms with E-state index in [0.717, 1.165) is 17.4 Å².